The smallest absolute Gasteiger partial charge is 0.251 e. The summed E-state index contributed by atoms with van der Waals surface area (Å²) in [6, 6.07) is 5.01. The zero-order valence-corrected chi connectivity index (χ0v) is 18.5. The van der Waals surface area contributed by atoms with Crippen LogP contribution in [0.2, 0.25) is 0 Å². The molecule has 2 aliphatic heterocycles. The molecule has 0 spiro atoms. The molecule has 0 aliphatic carbocycles. The van der Waals surface area contributed by atoms with Gasteiger partial charge >= 0.3 is 0 Å². The summed E-state index contributed by atoms with van der Waals surface area (Å²) in [4.78, 5) is 15.3. The van der Waals surface area contributed by atoms with Crippen molar-refractivity contribution in [3.05, 3.63) is 29.3 Å². The van der Waals surface area contributed by atoms with Crippen LogP contribution in [0.25, 0.3) is 0 Å². The Labute approximate surface area is 175 Å². The highest BCUT2D eigenvalue weighted by molar-refractivity contribution is 7.89. The van der Waals surface area contributed by atoms with Gasteiger partial charge in [-0.15, -0.1) is 0 Å². The molecule has 0 radical (unpaired) electrons. The monoisotopic (exact) mass is 421 g/mol. The SMILES string of the molecule is Cc1ccc(C(=O)NCCCN2CCCCC2)cc1S(=O)(=O)N1CCCCCC1. The molecule has 2 fully saturated rings. The van der Waals surface area contributed by atoms with E-state index in [9.17, 15) is 13.2 Å². The molecular formula is C22H35N3O3S. The van der Waals surface area contributed by atoms with E-state index < -0.39 is 10.0 Å². The first-order valence-electron chi connectivity index (χ1n) is 11.1. The normalized spacial score (nSPS) is 19.6. The second kappa shape index (κ2) is 10.5. The lowest BCUT2D eigenvalue weighted by Crippen LogP contribution is -2.34. The van der Waals surface area contributed by atoms with E-state index in [-0.39, 0.29) is 10.8 Å². The largest absolute Gasteiger partial charge is 0.352 e. The number of amides is 1. The molecule has 1 N–H and O–H groups in total. The first-order valence-corrected chi connectivity index (χ1v) is 12.5. The van der Waals surface area contributed by atoms with Gasteiger partial charge in [-0.05, 0) is 76.4 Å². The van der Waals surface area contributed by atoms with E-state index in [1.165, 1.54) is 19.3 Å². The van der Waals surface area contributed by atoms with Gasteiger partial charge < -0.3 is 10.2 Å². The maximum absolute atomic E-state index is 13.2. The van der Waals surface area contributed by atoms with Gasteiger partial charge in [0.15, 0.2) is 0 Å². The summed E-state index contributed by atoms with van der Waals surface area (Å²) in [5, 5.41) is 2.95. The lowest BCUT2D eigenvalue weighted by atomic mass is 10.1. The number of nitrogens with zero attached hydrogens (tertiary/aromatic N) is 2. The fourth-order valence-electron chi connectivity index (χ4n) is 4.23. The van der Waals surface area contributed by atoms with Crippen LogP contribution in [0.3, 0.4) is 0 Å². The van der Waals surface area contributed by atoms with Gasteiger partial charge in [-0.2, -0.15) is 4.31 Å². The minimum absolute atomic E-state index is 0.198. The van der Waals surface area contributed by atoms with Crippen LogP contribution >= 0.6 is 0 Å². The highest BCUT2D eigenvalue weighted by Crippen LogP contribution is 2.24. The molecule has 0 aromatic heterocycles. The molecule has 1 amide bonds. The van der Waals surface area contributed by atoms with Crippen LogP contribution in [0.15, 0.2) is 23.1 Å². The predicted octanol–water partition coefficient (Wildman–Crippen LogP) is 3.17. The summed E-state index contributed by atoms with van der Waals surface area (Å²) < 4.78 is 27.9. The molecule has 0 unspecified atom stereocenters. The third kappa shape index (κ3) is 6.03. The number of likely N-dealkylation sites (tertiary alicyclic amines) is 1. The van der Waals surface area contributed by atoms with Gasteiger partial charge in [-0.1, -0.05) is 25.3 Å². The Morgan fingerprint density at radius 2 is 1.59 bits per heavy atom. The van der Waals surface area contributed by atoms with Crippen molar-refractivity contribution in [1.82, 2.24) is 14.5 Å². The van der Waals surface area contributed by atoms with E-state index in [1.54, 1.807) is 29.4 Å². The fourth-order valence-corrected chi connectivity index (χ4v) is 6.00. The molecule has 0 saturated carbocycles. The van der Waals surface area contributed by atoms with Crippen LogP contribution < -0.4 is 5.32 Å². The van der Waals surface area contributed by atoms with Crippen molar-refractivity contribution in [3.8, 4) is 0 Å². The number of sulfonamides is 1. The summed E-state index contributed by atoms with van der Waals surface area (Å²) in [6.45, 7) is 6.85. The number of piperidine rings is 1. The van der Waals surface area contributed by atoms with Gasteiger partial charge in [0.25, 0.3) is 5.91 Å². The molecular weight excluding hydrogens is 386 g/mol. The number of benzene rings is 1. The van der Waals surface area contributed by atoms with Gasteiger partial charge in [-0.25, -0.2) is 8.42 Å². The molecule has 1 aromatic carbocycles. The van der Waals surface area contributed by atoms with Crippen molar-refractivity contribution in [2.24, 2.45) is 0 Å². The highest BCUT2D eigenvalue weighted by Gasteiger charge is 2.27. The number of carbonyl (C=O) groups excluding carboxylic acids is 1. The summed E-state index contributed by atoms with van der Waals surface area (Å²) in [5.74, 6) is -0.198. The third-order valence-corrected chi connectivity index (χ3v) is 8.06. The maximum atomic E-state index is 13.2. The Morgan fingerprint density at radius 3 is 2.28 bits per heavy atom. The number of nitrogens with one attached hydrogen (secondary N) is 1. The van der Waals surface area contributed by atoms with Crippen LogP contribution in [-0.2, 0) is 10.0 Å². The van der Waals surface area contributed by atoms with E-state index >= 15 is 0 Å². The number of aryl methyl sites for hydroxylation is 1. The summed E-state index contributed by atoms with van der Waals surface area (Å²) in [7, 11) is -3.57. The van der Waals surface area contributed by atoms with Crippen molar-refractivity contribution in [2.75, 3.05) is 39.3 Å². The second-order valence-electron chi connectivity index (χ2n) is 8.31. The van der Waals surface area contributed by atoms with E-state index in [1.807, 2.05) is 0 Å². The Kier molecular flexibility index (Phi) is 8.09. The van der Waals surface area contributed by atoms with Gasteiger partial charge in [0.2, 0.25) is 10.0 Å². The lowest BCUT2D eigenvalue weighted by molar-refractivity contribution is 0.0951. The van der Waals surface area contributed by atoms with Crippen LogP contribution in [0, 0.1) is 6.92 Å². The van der Waals surface area contributed by atoms with E-state index in [2.05, 4.69) is 10.2 Å². The van der Waals surface area contributed by atoms with Crippen LogP contribution in [-0.4, -0.2) is 62.8 Å². The number of hydrogen-bond acceptors (Lipinski definition) is 4. The molecule has 0 atom stereocenters. The molecule has 1 aromatic rings. The molecule has 7 heteroatoms. The van der Waals surface area contributed by atoms with Crippen molar-refractivity contribution in [1.29, 1.82) is 0 Å². The molecule has 3 rings (SSSR count). The van der Waals surface area contributed by atoms with Crippen LogP contribution in [0.5, 0.6) is 0 Å². The van der Waals surface area contributed by atoms with Crippen LogP contribution in [0.1, 0.15) is 67.3 Å². The van der Waals surface area contributed by atoms with E-state index in [0.29, 0.717) is 30.8 Å². The zero-order chi connectivity index (χ0) is 20.7. The van der Waals surface area contributed by atoms with Crippen LogP contribution in [0.4, 0.5) is 0 Å². The van der Waals surface area contributed by atoms with Crippen molar-refractivity contribution in [2.45, 2.75) is 63.2 Å². The van der Waals surface area contributed by atoms with Crippen molar-refractivity contribution < 1.29 is 13.2 Å². The van der Waals surface area contributed by atoms with Gasteiger partial charge in [-0.3, -0.25) is 4.79 Å². The molecule has 162 valence electrons. The average Bonchev–Trinajstić information content (AvgIpc) is 3.02. The number of carbonyl (C=O) groups is 1. The first kappa shape index (κ1) is 22.2. The second-order valence-corrected chi connectivity index (χ2v) is 10.2. The summed E-state index contributed by atoms with van der Waals surface area (Å²) in [6.07, 6.45) is 8.72. The fraction of sp³-hybridized carbons (Fsp3) is 0.682. The van der Waals surface area contributed by atoms with Crippen molar-refractivity contribution >= 4 is 15.9 Å². The van der Waals surface area contributed by atoms with Gasteiger partial charge in [0.1, 0.15) is 0 Å². The predicted molar refractivity (Wildman–Crippen MR) is 116 cm³/mol. The molecule has 2 aliphatic rings. The summed E-state index contributed by atoms with van der Waals surface area (Å²) in [5.41, 5.74) is 1.11. The Hall–Kier alpha value is -1.44. The number of rotatable bonds is 7. The molecule has 6 nitrogen and oxygen atoms in total. The molecule has 2 heterocycles. The third-order valence-electron chi connectivity index (χ3n) is 6.02. The molecule has 0 bridgehead atoms. The Bertz CT molecular complexity index is 780. The minimum atomic E-state index is -3.57. The zero-order valence-electron chi connectivity index (χ0n) is 17.7. The molecule has 2 saturated heterocycles. The van der Waals surface area contributed by atoms with Gasteiger partial charge in [0.05, 0.1) is 4.90 Å². The van der Waals surface area contributed by atoms with E-state index in [0.717, 1.165) is 51.7 Å². The standard InChI is InChI=1S/C22H35N3O3S/c1-19-10-11-20(22(26)23-12-9-15-24-13-5-4-6-14-24)18-21(19)29(27,28)25-16-7-2-3-8-17-25/h10-11,18H,2-9,12-17H2,1H3,(H,23,26). The highest BCUT2D eigenvalue weighted by atomic mass is 32.2. The Balaban J connectivity index is 1.60. The maximum Gasteiger partial charge on any atom is 0.251 e. The minimum Gasteiger partial charge on any atom is -0.352 e. The average molecular weight is 422 g/mol. The summed E-state index contributed by atoms with van der Waals surface area (Å²) >= 11 is 0. The molecule has 29 heavy (non-hydrogen) atoms. The lowest BCUT2D eigenvalue weighted by Gasteiger charge is -2.26. The topological polar surface area (TPSA) is 69.7 Å². The quantitative estimate of drug-likeness (QED) is 0.687. The number of hydrogen-bond donors (Lipinski definition) is 1. The van der Waals surface area contributed by atoms with Gasteiger partial charge in [0, 0.05) is 25.2 Å². The van der Waals surface area contributed by atoms with Crippen molar-refractivity contribution in [3.63, 3.8) is 0 Å². The first-order chi connectivity index (χ1) is 14.0. The van der Waals surface area contributed by atoms with E-state index in [4.69, 9.17) is 0 Å². The Morgan fingerprint density at radius 1 is 0.966 bits per heavy atom.